The molecule has 0 spiro atoms. The highest BCUT2D eigenvalue weighted by Gasteiger charge is 2.50. The molecule has 3 rings (SSSR count). The minimum absolute atomic E-state index is 0.00267. The van der Waals surface area contributed by atoms with E-state index in [4.69, 9.17) is 9.84 Å². The summed E-state index contributed by atoms with van der Waals surface area (Å²) in [4.78, 5) is 1.54. The second kappa shape index (κ2) is 7.41. The van der Waals surface area contributed by atoms with Crippen molar-refractivity contribution in [3.05, 3.63) is 18.0 Å². The van der Waals surface area contributed by atoms with Gasteiger partial charge in [-0.1, -0.05) is 0 Å². The third kappa shape index (κ3) is 3.75. The van der Waals surface area contributed by atoms with E-state index >= 15 is 0 Å². The summed E-state index contributed by atoms with van der Waals surface area (Å²) in [5, 5.41) is 13.3. The molecule has 24 heavy (non-hydrogen) atoms. The summed E-state index contributed by atoms with van der Waals surface area (Å²) in [6.45, 7) is 1.65. The lowest BCUT2D eigenvalue weighted by Crippen LogP contribution is -2.54. The van der Waals surface area contributed by atoms with Crippen LogP contribution in [0.15, 0.2) is 12.3 Å². The van der Waals surface area contributed by atoms with Gasteiger partial charge in [0.1, 0.15) is 6.04 Å². The van der Waals surface area contributed by atoms with E-state index in [1.54, 1.807) is 15.8 Å². The lowest BCUT2D eigenvalue weighted by Gasteiger charge is -2.40. The summed E-state index contributed by atoms with van der Waals surface area (Å²) in [6, 6.07) is 0.403. The first kappa shape index (κ1) is 17.7. The monoisotopic (exact) mass is 347 g/mol. The Kier molecular flexibility index (Phi) is 5.46. The van der Waals surface area contributed by atoms with Gasteiger partial charge >= 0.3 is 6.18 Å². The highest BCUT2D eigenvalue weighted by atomic mass is 19.4. The van der Waals surface area contributed by atoms with Gasteiger partial charge in [0.25, 0.3) is 0 Å². The van der Waals surface area contributed by atoms with Gasteiger partial charge in [0.05, 0.1) is 19.3 Å². The molecule has 2 atom stereocenters. The molecule has 0 saturated carbocycles. The molecular formula is C16H24F3N3O2. The molecule has 1 aromatic rings. The maximum Gasteiger partial charge on any atom is 0.406 e. The Bertz CT molecular complexity index is 521. The molecule has 2 saturated heterocycles. The first-order valence-corrected chi connectivity index (χ1v) is 8.55. The van der Waals surface area contributed by atoms with Crippen molar-refractivity contribution in [3.8, 4) is 0 Å². The Hall–Kier alpha value is -1.12. The van der Waals surface area contributed by atoms with Gasteiger partial charge in [0.2, 0.25) is 0 Å². The second-order valence-electron chi connectivity index (χ2n) is 6.55. The van der Waals surface area contributed by atoms with Gasteiger partial charge in [-0.15, -0.1) is 0 Å². The molecule has 5 nitrogen and oxygen atoms in total. The third-order valence-electron chi connectivity index (χ3n) is 5.05. The van der Waals surface area contributed by atoms with Crippen LogP contribution in [0, 0.1) is 0 Å². The van der Waals surface area contributed by atoms with Gasteiger partial charge in [-0.05, 0) is 44.8 Å². The Balaban J connectivity index is 1.65. The minimum atomic E-state index is -4.26. The first-order valence-electron chi connectivity index (χ1n) is 8.55. The van der Waals surface area contributed by atoms with Crippen molar-refractivity contribution in [2.24, 2.45) is 0 Å². The predicted molar refractivity (Wildman–Crippen MR) is 81.7 cm³/mol. The lowest BCUT2D eigenvalue weighted by atomic mass is 9.91. The molecule has 2 aliphatic heterocycles. The zero-order valence-electron chi connectivity index (χ0n) is 13.6. The highest BCUT2D eigenvalue weighted by molar-refractivity contribution is 5.10. The predicted octanol–water partition coefficient (Wildman–Crippen LogP) is 2.16. The Morgan fingerprint density at radius 2 is 2.04 bits per heavy atom. The number of aliphatic hydroxyl groups is 1. The fraction of sp³-hybridized carbons (Fsp3) is 0.812. The second-order valence-corrected chi connectivity index (χ2v) is 6.55. The maximum atomic E-state index is 13.5. The van der Waals surface area contributed by atoms with Gasteiger partial charge in [-0.2, -0.15) is 18.3 Å². The quantitative estimate of drug-likeness (QED) is 0.887. The number of aliphatic hydroxyl groups excluding tert-OH is 1. The lowest BCUT2D eigenvalue weighted by molar-refractivity contribution is -0.212. The molecule has 136 valence electrons. The molecule has 1 N–H and O–H groups in total. The van der Waals surface area contributed by atoms with Crippen molar-refractivity contribution < 1.29 is 23.0 Å². The van der Waals surface area contributed by atoms with Gasteiger partial charge in [-0.25, -0.2) is 0 Å². The van der Waals surface area contributed by atoms with Crippen LogP contribution in [0.5, 0.6) is 0 Å². The number of piperidine rings is 1. The van der Waals surface area contributed by atoms with E-state index in [1.165, 1.54) is 0 Å². The average molecular weight is 347 g/mol. The molecule has 2 aliphatic rings. The van der Waals surface area contributed by atoms with Crippen molar-refractivity contribution in [1.82, 2.24) is 14.7 Å². The van der Waals surface area contributed by atoms with Crippen LogP contribution in [-0.2, 0) is 11.3 Å². The zero-order valence-corrected chi connectivity index (χ0v) is 13.6. The number of aromatic nitrogens is 2. The van der Waals surface area contributed by atoms with E-state index in [2.05, 4.69) is 5.10 Å². The largest absolute Gasteiger partial charge is 0.406 e. The number of hydrogen-bond acceptors (Lipinski definition) is 4. The van der Waals surface area contributed by atoms with E-state index in [1.807, 2.05) is 6.07 Å². The van der Waals surface area contributed by atoms with Crippen LogP contribution in [-0.4, -0.2) is 64.4 Å². The molecule has 0 radical (unpaired) electrons. The Morgan fingerprint density at radius 1 is 1.29 bits per heavy atom. The van der Waals surface area contributed by atoms with Crippen molar-refractivity contribution >= 4 is 0 Å². The summed E-state index contributed by atoms with van der Waals surface area (Å²) in [5.74, 6) is 0.189. The highest BCUT2D eigenvalue weighted by Crippen LogP contribution is 2.36. The topological polar surface area (TPSA) is 50.5 Å². The van der Waals surface area contributed by atoms with Crippen molar-refractivity contribution in [3.63, 3.8) is 0 Å². The van der Waals surface area contributed by atoms with Crippen LogP contribution in [0.3, 0.4) is 0 Å². The summed E-state index contributed by atoms with van der Waals surface area (Å²) >= 11 is 0. The van der Waals surface area contributed by atoms with Gasteiger partial charge in [0, 0.05) is 24.4 Å². The molecule has 0 amide bonds. The molecule has 2 fully saturated rings. The van der Waals surface area contributed by atoms with Gasteiger partial charge in [0.15, 0.2) is 0 Å². The summed E-state index contributed by atoms with van der Waals surface area (Å²) in [5.41, 5.74) is 1.00. The molecule has 8 heteroatoms. The molecule has 1 aromatic heterocycles. The van der Waals surface area contributed by atoms with Crippen molar-refractivity contribution in [1.29, 1.82) is 0 Å². The number of nitrogens with zero attached hydrogens (tertiary/aromatic N) is 3. The van der Waals surface area contributed by atoms with E-state index in [-0.39, 0.29) is 12.5 Å². The van der Waals surface area contributed by atoms with Crippen molar-refractivity contribution in [2.75, 3.05) is 26.3 Å². The summed E-state index contributed by atoms with van der Waals surface area (Å²) in [7, 11) is 0. The number of rotatable bonds is 5. The molecule has 0 bridgehead atoms. The van der Waals surface area contributed by atoms with Crippen LogP contribution in [0.4, 0.5) is 13.2 Å². The Morgan fingerprint density at radius 3 is 2.62 bits per heavy atom. The average Bonchev–Trinajstić information content (AvgIpc) is 3.19. The minimum Gasteiger partial charge on any atom is -0.394 e. The zero-order chi connectivity index (χ0) is 17.2. The van der Waals surface area contributed by atoms with Crippen molar-refractivity contribution in [2.45, 2.75) is 56.5 Å². The van der Waals surface area contributed by atoms with E-state index in [9.17, 15) is 13.2 Å². The number of alkyl halides is 3. The summed E-state index contributed by atoms with van der Waals surface area (Å²) < 4.78 is 47.7. The van der Waals surface area contributed by atoms with Crippen LogP contribution in [0.1, 0.15) is 37.3 Å². The molecular weight excluding hydrogens is 323 g/mol. The van der Waals surface area contributed by atoms with E-state index in [0.29, 0.717) is 51.9 Å². The van der Waals surface area contributed by atoms with Crippen LogP contribution in [0.2, 0.25) is 0 Å². The van der Waals surface area contributed by atoms with E-state index < -0.39 is 18.3 Å². The number of halogens is 3. The number of likely N-dealkylation sites (tertiary alicyclic amines) is 1. The Labute approximate surface area is 139 Å². The smallest absolute Gasteiger partial charge is 0.394 e. The fourth-order valence-corrected chi connectivity index (χ4v) is 3.95. The normalized spacial score (nSPS) is 25.2. The molecule has 2 unspecified atom stereocenters. The van der Waals surface area contributed by atoms with E-state index in [0.717, 1.165) is 5.69 Å². The molecule has 3 heterocycles. The first-order chi connectivity index (χ1) is 11.5. The van der Waals surface area contributed by atoms with Crippen LogP contribution < -0.4 is 0 Å². The number of ether oxygens (including phenoxy) is 1. The van der Waals surface area contributed by atoms with Gasteiger partial charge in [-0.3, -0.25) is 9.58 Å². The maximum absolute atomic E-state index is 13.5. The number of hydrogen-bond donors (Lipinski definition) is 1. The standard InChI is InChI=1S/C16H24F3N3O2/c17-16(18,19)15(14-2-1-11-24-14)21-7-4-12(5-8-21)13-3-6-20-22(13)9-10-23/h3,6,12,14-15,23H,1-2,4-5,7-11H2. The van der Waals surface area contributed by atoms with Gasteiger partial charge < -0.3 is 9.84 Å². The van der Waals surface area contributed by atoms with Crippen LogP contribution >= 0.6 is 0 Å². The molecule has 0 aromatic carbocycles. The SMILES string of the molecule is OCCn1nccc1C1CCN(C(C2CCCO2)C(F)(F)F)CC1. The summed E-state index contributed by atoms with van der Waals surface area (Å²) in [6.07, 6.45) is -0.807. The molecule has 0 aliphatic carbocycles. The fourth-order valence-electron chi connectivity index (χ4n) is 3.95. The third-order valence-corrected chi connectivity index (χ3v) is 5.05. The van der Waals surface area contributed by atoms with Crippen LogP contribution in [0.25, 0.3) is 0 Å².